The first-order valence-corrected chi connectivity index (χ1v) is 7.83. The topological polar surface area (TPSA) is 41.9 Å². The minimum Gasteiger partial charge on any atom is -0.489 e. The van der Waals surface area contributed by atoms with Crippen molar-refractivity contribution in [3.63, 3.8) is 0 Å². The second-order valence-corrected chi connectivity index (χ2v) is 5.69. The largest absolute Gasteiger partial charge is 0.489 e. The van der Waals surface area contributed by atoms with Gasteiger partial charge in [-0.25, -0.2) is 0 Å². The minimum atomic E-state index is -0.0553. The van der Waals surface area contributed by atoms with Crippen LogP contribution in [0.1, 0.15) is 17.2 Å². The standard InChI is InChI=1S/C19H25NO3/c1-20(2)14-19(22-13-12-21)17-8-10-18(11-9-17)23-15-16-6-4-3-5-7-16/h3-11,19,21H,12-15H2,1-2H3. The average Bonchev–Trinajstić information content (AvgIpc) is 2.58. The maximum atomic E-state index is 8.96. The van der Waals surface area contributed by atoms with Crippen LogP contribution in [-0.4, -0.2) is 43.9 Å². The van der Waals surface area contributed by atoms with Gasteiger partial charge in [0.2, 0.25) is 0 Å². The number of benzene rings is 2. The van der Waals surface area contributed by atoms with Crippen LogP contribution in [0.25, 0.3) is 0 Å². The van der Waals surface area contributed by atoms with Crippen molar-refractivity contribution in [1.29, 1.82) is 0 Å². The first kappa shape index (κ1) is 17.5. The van der Waals surface area contributed by atoms with Gasteiger partial charge in [0.25, 0.3) is 0 Å². The molecule has 0 bridgehead atoms. The predicted octanol–water partition coefficient (Wildman–Crippen LogP) is 2.88. The molecule has 1 N–H and O–H groups in total. The van der Waals surface area contributed by atoms with Crippen LogP contribution in [0.2, 0.25) is 0 Å². The monoisotopic (exact) mass is 315 g/mol. The van der Waals surface area contributed by atoms with E-state index in [1.807, 2.05) is 68.7 Å². The van der Waals surface area contributed by atoms with Crippen molar-refractivity contribution in [2.24, 2.45) is 0 Å². The molecule has 0 saturated heterocycles. The molecule has 0 fully saturated rings. The SMILES string of the molecule is CN(C)CC(OCCO)c1ccc(OCc2ccccc2)cc1. The Balaban J connectivity index is 1.96. The zero-order valence-corrected chi connectivity index (χ0v) is 13.8. The van der Waals surface area contributed by atoms with E-state index >= 15 is 0 Å². The third-order valence-corrected chi connectivity index (χ3v) is 3.44. The van der Waals surface area contributed by atoms with Crippen LogP contribution in [-0.2, 0) is 11.3 Å². The van der Waals surface area contributed by atoms with Crippen molar-refractivity contribution < 1.29 is 14.6 Å². The molecule has 2 aromatic rings. The summed E-state index contributed by atoms with van der Waals surface area (Å²) >= 11 is 0. The van der Waals surface area contributed by atoms with Crippen molar-refractivity contribution in [1.82, 2.24) is 4.90 Å². The molecule has 0 amide bonds. The number of ether oxygens (including phenoxy) is 2. The molecular weight excluding hydrogens is 290 g/mol. The first-order valence-electron chi connectivity index (χ1n) is 7.83. The van der Waals surface area contributed by atoms with E-state index in [9.17, 15) is 0 Å². The van der Waals surface area contributed by atoms with Crippen LogP contribution in [0.3, 0.4) is 0 Å². The highest BCUT2D eigenvalue weighted by Gasteiger charge is 2.13. The maximum Gasteiger partial charge on any atom is 0.119 e. The summed E-state index contributed by atoms with van der Waals surface area (Å²) < 4.78 is 11.5. The number of aliphatic hydroxyl groups is 1. The van der Waals surface area contributed by atoms with Gasteiger partial charge < -0.3 is 19.5 Å². The number of nitrogens with zero attached hydrogens (tertiary/aromatic N) is 1. The fraction of sp³-hybridized carbons (Fsp3) is 0.368. The summed E-state index contributed by atoms with van der Waals surface area (Å²) in [6.45, 7) is 1.69. The van der Waals surface area contributed by atoms with E-state index in [0.29, 0.717) is 13.2 Å². The Bertz CT molecular complexity index is 555. The fourth-order valence-corrected chi connectivity index (χ4v) is 2.30. The number of rotatable bonds is 9. The lowest BCUT2D eigenvalue weighted by molar-refractivity contribution is 0.0141. The Hall–Kier alpha value is -1.88. The molecule has 0 aliphatic heterocycles. The lowest BCUT2D eigenvalue weighted by Crippen LogP contribution is -2.23. The van der Waals surface area contributed by atoms with E-state index in [4.69, 9.17) is 14.6 Å². The molecule has 0 aromatic heterocycles. The van der Waals surface area contributed by atoms with Gasteiger partial charge in [0, 0.05) is 6.54 Å². The summed E-state index contributed by atoms with van der Waals surface area (Å²) in [4.78, 5) is 2.07. The molecule has 23 heavy (non-hydrogen) atoms. The molecule has 0 aliphatic rings. The highest BCUT2D eigenvalue weighted by molar-refractivity contribution is 5.29. The summed E-state index contributed by atoms with van der Waals surface area (Å²) in [5.74, 6) is 0.836. The third-order valence-electron chi connectivity index (χ3n) is 3.44. The highest BCUT2D eigenvalue weighted by Crippen LogP contribution is 2.22. The predicted molar refractivity (Wildman–Crippen MR) is 91.5 cm³/mol. The van der Waals surface area contributed by atoms with E-state index in [1.54, 1.807) is 0 Å². The van der Waals surface area contributed by atoms with E-state index in [-0.39, 0.29) is 12.7 Å². The van der Waals surface area contributed by atoms with Gasteiger partial charge >= 0.3 is 0 Å². The second kappa shape index (κ2) is 9.30. The number of hydrogen-bond acceptors (Lipinski definition) is 4. The van der Waals surface area contributed by atoms with Crippen LogP contribution in [0.4, 0.5) is 0 Å². The van der Waals surface area contributed by atoms with E-state index < -0.39 is 0 Å². The molecule has 0 spiro atoms. The number of aliphatic hydroxyl groups excluding tert-OH is 1. The quantitative estimate of drug-likeness (QED) is 0.772. The number of hydrogen-bond donors (Lipinski definition) is 1. The molecule has 0 saturated carbocycles. The van der Waals surface area contributed by atoms with Gasteiger partial charge in [-0.2, -0.15) is 0 Å². The molecule has 4 heteroatoms. The zero-order valence-electron chi connectivity index (χ0n) is 13.8. The molecular formula is C19H25NO3. The van der Waals surface area contributed by atoms with Gasteiger partial charge in [-0.1, -0.05) is 42.5 Å². The van der Waals surface area contributed by atoms with Crippen molar-refractivity contribution in [2.75, 3.05) is 33.9 Å². The summed E-state index contributed by atoms with van der Waals surface area (Å²) in [6.07, 6.45) is -0.0553. The van der Waals surface area contributed by atoms with Gasteiger partial charge in [0.05, 0.1) is 19.3 Å². The maximum absolute atomic E-state index is 8.96. The molecule has 2 aromatic carbocycles. The fourth-order valence-electron chi connectivity index (χ4n) is 2.30. The molecule has 0 heterocycles. The van der Waals surface area contributed by atoms with Crippen LogP contribution >= 0.6 is 0 Å². The molecule has 4 nitrogen and oxygen atoms in total. The van der Waals surface area contributed by atoms with Gasteiger partial charge in [0.1, 0.15) is 12.4 Å². The van der Waals surface area contributed by atoms with Crippen LogP contribution in [0.15, 0.2) is 54.6 Å². The summed E-state index contributed by atoms with van der Waals surface area (Å²) in [5, 5.41) is 8.96. The van der Waals surface area contributed by atoms with Gasteiger partial charge in [-0.05, 0) is 37.4 Å². The lowest BCUT2D eigenvalue weighted by Gasteiger charge is -2.22. The third kappa shape index (κ3) is 6.02. The van der Waals surface area contributed by atoms with Crippen LogP contribution < -0.4 is 4.74 Å². The Morgan fingerprint density at radius 3 is 2.30 bits per heavy atom. The Morgan fingerprint density at radius 1 is 1.00 bits per heavy atom. The first-order chi connectivity index (χ1) is 11.2. The van der Waals surface area contributed by atoms with Crippen LogP contribution in [0, 0.1) is 0 Å². The molecule has 1 unspecified atom stereocenters. The van der Waals surface area contributed by atoms with E-state index in [1.165, 1.54) is 0 Å². The van der Waals surface area contributed by atoms with Gasteiger partial charge in [0.15, 0.2) is 0 Å². The second-order valence-electron chi connectivity index (χ2n) is 5.69. The molecule has 1 atom stereocenters. The Labute approximate surface area is 138 Å². The van der Waals surface area contributed by atoms with Crippen LogP contribution in [0.5, 0.6) is 5.75 Å². The van der Waals surface area contributed by atoms with E-state index in [2.05, 4.69) is 4.90 Å². The Morgan fingerprint density at radius 2 is 1.70 bits per heavy atom. The molecule has 124 valence electrons. The molecule has 0 radical (unpaired) electrons. The van der Waals surface area contributed by atoms with Gasteiger partial charge in [-0.3, -0.25) is 0 Å². The van der Waals surface area contributed by atoms with Crippen molar-refractivity contribution in [2.45, 2.75) is 12.7 Å². The smallest absolute Gasteiger partial charge is 0.119 e. The highest BCUT2D eigenvalue weighted by atomic mass is 16.5. The molecule has 2 rings (SSSR count). The summed E-state index contributed by atoms with van der Waals surface area (Å²) in [6, 6.07) is 18.1. The van der Waals surface area contributed by atoms with Gasteiger partial charge in [-0.15, -0.1) is 0 Å². The average molecular weight is 315 g/mol. The van der Waals surface area contributed by atoms with Crippen molar-refractivity contribution in [3.8, 4) is 5.75 Å². The lowest BCUT2D eigenvalue weighted by atomic mass is 10.1. The van der Waals surface area contributed by atoms with Crippen molar-refractivity contribution >= 4 is 0 Å². The zero-order chi connectivity index (χ0) is 16.5. The van der Waals surface area contributed by atoms with E-state index in [0.717, 1.165) is 23.4 Å². The number of likely N-dealkylation sites (N-methyl/N-ethyl adjacent to an activating group) is 1. The summed E-state index contributed by atoms with van der Waals surface area (Å²) in [7, 11) is 4.01. The minimum absolute atomic E-state index is 0.0300. The molecule has 0 aliphatic carbocycles. The Kier molecular flexibility index (Phi) is 7.07. The normalized spacial score (nSPS) is 12.3. The van der Waals surface area contributed by atoms with Crippen molar-refractivity contribution in [3.05, 3.63) is 65.7 Å². The summed E-state index contributed by atoms with van der Waals surface area (Å²) in [5.41, 5.74) is 2.23.